The molecule has 5 heteroatoms. The minimum Gasteiger partial charge on any atom is -0.380 e. The normalized spacial score (nSPS) is 22.9. The Balaban J connectivity index is 1.43. The second-order valence-electron chi connectivity index (χ2n) is 7.48. The molecule has 1 aromatic rings. The Hall–Kier alpha value is -1.43. The number of amides is 1. The van der Waals surface area contributed by atoms with Crippen molar-refractivity contribution in [3.05, 3.63) is 30.3 Å². The van der Waals surface area contributed by atoms with Crippen LogP contribution in [-0.2, 0) is 9.53 Å². The number of nitrogens with zero attached hydrogens (tertiary/aromatic N) is 3. The van der Waals surface area contributed by atoms with Crippen LogP contribution in [0.1, 0.15) is 20.3 Å². The van der Waals surface area contributed by atoms with Gasteiger partial charge in [0.15, 0.2) is 0 Å². The lowest BCUT2D eigenvalue weighted by Gasteiger charge is -2.37. The van der Waals surface area contributed by atoms with Gasteiger partial charge in [0.25, 0.3) is 0 Å². The molecule has 0 unspecified atom stereocenters. The van der Waals surface area contributed by atoms with E-state index in [1.165, 1.54) is 0 Å². The average molecular weight is 345 g/mol. The third-order valence-electron chi connectivity index (χ3n) is 5.10. The minimum absolute atomic E-state index is 0.0551. The molecule has 2 aliphatic rings. The molecule has 2 fully saturated rings. The number of piperazine rings is 1. The van der Waals surface area contributed by atoms with Gasteiger partial charge in [-0.05, 0) is 24.5 Å². The molecule has 1 atom stereocenters. The molecule has 0 N–H and O–H groups in total. The van der Waals surface area contributed by atoms with E-state index in [2.05, 4.69) is 23.6 Å². The SMILES string of the molecule is CC(C)COCCN1CCN([C@@H]2CCN(c3ccccc3)C2=O)CC1. The van der Waals surface area contributed by atoms with Gasteiger partial charge in [-0.2, -0.15) is 0 Å². The predicted molar refractivity (Wildman–Crippen MR) is 101 cm³/mol. The maximum Gasteiger partial charge on any atom is 0.244 e. The summed E-state index contributed by atoms with van der Waals surface area (Å²) in [4.78, 5) is 19.6. The molecule has 1 amide bonds. The highest BCUT2D eigenvalue weighted by molar-refractivity contribution is 5.99. The number of benzene rings is 1. The number of carbonyl (C=O) groups is 1. The van der Waals surface area contributed by atoms with Crippen molar-refractivity contribution >= 4 is 11.6 Å². The standard InChI is InChI=1S/C20H31N3O2/c1-17(2)16-25-15-14-21-10-12-22(13-11-21)19-8-9-23(20(19)24)18-6-4-3-5-7-18/h3-7,17,19H,8-16H2,1-2H3/t19-/m1/s1. The molecule has 0 aliphatic carbocycles. The Morgan fingerprint density at radius 1 is 1.08 bits per heavy atom. The quantitative estimate of drug-likeness (QED) is 0.709. The smallest absolute Gasteiger partial charge is 0.244 e. The molecule has 1 aromatic carbocycles. The van der Waals surface area contributed by atoms with Crippen molar-refractivity contribution in [1.82, 2.24) is 9.80 Å². The molecule has 0 spiro atoms. The number of carbonyl (C=O) groups excluding carboxylic acids is 1. The lowest BCUT2D eigenvalue weighted by atomic mass is 10.2. The van der Waals surface area contributed by atoms with Gasteiger partial charge >= 0.3 is 0 Å². The summed E-state index contributed by atoms with van der Waals surface area (Å²) in [5, 5.41) is 0. The van der Waals surface area contributed by atoms with E-state index >= 15 is 0 Å². The van der Waals surface area contributed by atoms with E-state index in [9.17, 15) is 4.79 Å². The fraction of sp³-hybridized carbons (Fsp3) is 0.650. The highest BCUT2D eigenvalue weighted by Crippen LogP contribution is 2.24. The van der Waals surface area contributed by atoms with Gasteiger partial charge in [0.2, 0.25) is 5.91 Å². The van der Waals surface area contributed by atoms with Crippen LogP contribution in [0.5, 0.6) is 0 Å². The van der Waals surface area contributed by atoms with Gasteiger partial charge in [0.05, 0.1) is 12.6 Å². The van der Waals surface area contributed by atoms with Crippen molar-refractivity contribution in [2.45, 2.75) is 26.3 Å². The second-order valence-corrected chi connectivity index (χ2v) is 7.48. The highest BCUT2D eigenvalue weighted by atomic mass is 16.5. The van der Waals surface area contributed by atoms with Crippen LogP contribution < -0.4 is 4.90 Å². The summed E-state index contributed by atoms with van der Waals surface area (Å²) in [6.45, 7) is 11.8. The third kappa shape index (κ3) is 4.81. The van der Waals surface area contributed by atoms with Gasteiger partial charge in [-0.25, -0.2) is 0 Å². The van der Waals surface area contributed by atoms with E-state index < -0.39 is 0 Å². The summed E-state index contributed by atoms with van der Waals surface area (Å²) < 4.78 is 5.69. The van der Waals surface area contributed by atoms with Crippen LogP contribution in [0.2, 0.25) is 0 Å². The van der Waals surface area contributed by atoms with Crippen molar-refractivity contribution < 1.29 is 9.53 Å². The number of hydrogen-bond acceptors (Lipinski definition) is 4. The molecule has 5 nitrogen and oxygen atoms in total. The first kappa shape index (κ1) is 18.4. The fourth-order valence-corrected chi connectivity index (χ4v) is 3.68. The average Bonchev–Trinajstić information content (AvgIpc) is 3.01. The van der Waals surface area contributed by atoms with Crippen LogP contribution >= 0.6 is 0 Å². The monoisotopic (exact) mass is 345 g/mol. The van der Waals surface area contributed by atoms with Crippen LogP contribution in [0.25, 0.3) is 0 Å². The Morgan fingerprint density at radius 2 is 1.80 bits per heavy atom. The fourth-order valence-electron chi connectivity index (χ4n) is 3.68. The number of hydrogen-bond donors (Lipinski definition) is 0. The number of ether oxygens (including phenoxy) is 1. The van der Waals surface area contributed by atoms with Crippen LogP contribution in [0, 0.1) is 5.92 Å². The molecular weight excluding hydrogens is 314 g/mol. The van der Waals surface area contributed by atoms with Crippen LogP contribution in [0.15, 0.2) is 30.3 Å². The molecule has 2 saturated heterocycles. The van der Waals surface area contributed by atoms with E-state index in [4.69, 9.17) is 4.74 Å². The van der Waals surface area contributed by atoms with Crippen molar-refractivity contribution in [2.24, 2.45) is 5.92 Å². The Bertz CT molecular complexity index is 541. The molecule has 3 rings (SSSR count). The molecule has 0 radical (unpaired) electrons. The van der Waals surface area contributed by atoms with E-state index in [0.717, 1.165) is 64.6 Å². The summed E-state index contributed by atoms with van der Waals surface area (Å²) in [7, 11) is 0. The van der Waals surface area contributed by atoms with Gasteiger partial charge in [-0.1, -0.05) is 32.0 Å². The second kappa shape index (κ2) is 8.79. The Morgan fingerprint density at radius 3 is 2.48 bits per heavy atom. The first-order valence-electron chi connectivity index (χ1n) is 9.55. The lowest BCUT2D eigenvalue weighted by Crippen LogP contribution is -2.53. The van der Waals surface area contributed by atoms with Gasteiger partial charge in [-0.3, -0.25) is 14.6 Å². The van der Waals surface area contributed by atoms with Crippen molar-refractivity contribution in [3.8, 4) is 0 Å². The number of rotatable bonds is 7. The minimum atomic E-state index is 0.0551. The van der Waals surface area contributed by atoms with Gasteiger partial charge in [0.1, 0.15) is 0 Å². The number of anilines is 1. The zero-order valence-electron chi connectivity index (χ0n) is 15.6. The summed E-state index contributed by atoms with van der Waals surface area (Å²) >= 11 is 0. The molecule has 0 bridgehead atoms. The van der Waals surface area contributed by atoms with Crippen molar-refractivity contribution in [1.29, 1.82) is 0 Å². The summed E-state index contributed by atoms with van der Waals surface area (Å²) in [6.07, 6.45) is 0.936. The van der Waals surface area contributed by atoms with Crippen molar-refractivity contribution in [3.63, 3.8) is 0 Å². The molecule has 25 heavy (non-hydrogen) atoms. The largest absolute Gasteiger partial charge is 0.380 e. The molecule has 2 heterocycles. The molecular formula is C20H31N3O2. The lowest BCUT2D eigenvalue weighted by molar-refractivity contribution is -0.122. The van der Waals surface area contributed by atoms with E-state index in [1.54, 1.807) is 0 Å². The van der Waals surface area contributed by atoms with Crippen LogP contribution in [0.4, 0.5) is 5.69 Å². The third-order valence-corrected chi connectivity index (χ3v) is 5.10. The molecule has 2 aliphatic heterocycles. The highest BCUT2D eigenvalue weighted by Gasteiger charge is 2.37. The first-order chi connectivity index (χ1) is 12.1. The van der Waals surface area contributed by atoms with E-state index in [1.807, 2.05) is 35.2 Å². The van der Waals surface area contributed by atoms with Gasteiger partial charge in [-0.15, -0.1) is 0 Å². The summed E-state index contributed by atoms with van der Waals surface area (Å²) in [6, 6.07) is 10.1. The van der Waals surface area contributed by atoms with E-state index in [-0.39, 0.29) is 11.9 Å². The maximum atomic E-state index is 12.8. The zero-order valence-corrected chi connectivity index (χ0v) is 15.6. The maximum absolute atomic E-state index is 12.8. The van der Waals surface area contributed by atoms with Crippen molar-refractivity contribution in [2.75, 3.05) is 57.4 Å². The van der Waals surface area contributed by atoms with Crippen LogP contribution in [0.3, 0.4) is 0 Å². The molecule has 138 valence electrons. The van der Waals surface area contributed by atoms with E-state index in [0.29, 0.717) is 5.92 Å². The topological polar surface area (TPSA) is 36.0 Å². The van der Waals surface area contributed by atoms with Gasteiger partial charge < -0.3 is 9.64 Å². The zero-order chi connectivity index (χ0) is 17.6. The summed E-state index contributed by atoms with van der Waals surface area (Å²) in [5.41, 5.74) is 1.02. The summed E-state index contributed by atoms with van der Waals surface area (Å²) in [5.74, 6) is 0.859. The Kier molecular flexibility index (Phi) is 6.45. The Labute approximate surface area is 151 Å². The van der Waals surface area contributed by atoms with Crippen LogP contribution in [-0.4, -0.2) is 74.2 Å². The molecule has 0 saturated carbocycles. The first-order valence-corrected chi connectivity index (χ1v) is 9.55. The van der Waals surface area contributed by atoms with Gasteiger partial charge in [0, 0.05) is 51.6 Å². The number of para-hydroxylation sites is 1. The predicted octanol–water partition coefficient (Wildman–Crippen LogP) is 2.08. The molecule has 0 aromatic heterocycles.